The van der Waals surface area contributed by atoms with Crippen LogP contribution in [0.4, 0.5) is 0 Å². The first-order valence-corrected chi connectivity index (χ1v) is 5.48. The van der Waals surface area contributed by atoms with Crippen LogP contribution in [0.1, 0.15) is 6.92 Å². The summed E-state index contributed by atoms with van der Waals surface area (Å²) in [5.41, 5.74) is 0. The van der Waals surface area contributed by atoms with Gasteiger partial charge in [0.25, 0.3) is 0 Å². The monoisotopic (exact) mass is 185 g/mol. The van der Waals surface area contributed by atoms with Crippen molar-refractivity contribution in [1.29, 1.82) is 0 Å². The lowest BCUT2D eigenvalue weighted by Gasteiger charge is -2.16. The maximum Gasteiger partial charge on any atom is 0.321 e. The molecule has 0 aromatic carbocycles. The highest BCUT2D eigenvalue weighted by molar-refractivity contribution is 8.70. The summed E-state index contributed by atoms with van der Waals surface area (Å²) < 4.78 is 28.8. The van der Waals surface area contributed by atoms with Gasteiger partial charge in [0.2, 0.25) is 0 Å². The highest BCUT2D eigenvalue weighted by Gasteiger charge is 2.13. The minimum atomic E-state index is -3.89. The zero-order valence-corrected chi connectivity index (χ0v) is 7.74. The van der Waals surface area contributed by atoms with E-state index in [-0.39, 0.29) is 5.37 Å². The van der Waals surface area contributed by atoms with Crippen molar-refractivity contribution in [2.24, 2.45) is 0 Å². The van der Waals surface area contributed by atoms with Crippen LogP contribution in [0.3, 0.4) is 0 Å². The largest absolute Gasteiger partial charge is 0.321 e. The molecule has 1 unspecified atom stereocenters. The predicted molar refractivity (Wildman–Crippen MR) is 42.3 cm³/mol. The highest BCUT2D eigenvalue weighted by Crippen LogP contribution is 2.17. The smallest absolute Gasteiger partial charge is 0.297 e. The molecule has 0 heterocycles. The van der Waals surface area contributed by atoms with Crippen molar-refractivity contribution in [3.05, 3.63) is 0 Å². The minimum absolute atomic E-state index is 0.227. The van der Waals surface area contributed by atoms with Gasteiger partial charge in [0.05, 0.1) is 5.37 Å². The molecule has 0 rings (SSSR count). The summed E-state index contributed by atoms with van der Waals surface area (Å²) in [6.07, 6.45) is 0. The Kier molecular flexibility index (Phi) is 3.64. The molecule has 0 fully saturated rings. The zero-order chi connectivity index (χ0) is 8.36. The van der Waals surface area contributed by atoms with Crippen LogP contribution in [-0.4, -0.2) is 37.3 Å². The third kappa shape index (κ3) is 5.04. The van der Waals surface area contributed by atoms with Crippen molar-refractivity contribution in [2.75, 3.05) is 14.1 Å². The molecule has 0 saturated heterocycles. The van der Waals surface area contributed by atoms with Gasteiger partial charge in [-0.2, -0.15) is 8.42 Å². The molecule has 6 heteroatoms. The van der Waals surface area contributed by atoms with Crippen LogP contribution in [0.5, 0.6) is 0 Å². The van der Waals surface area contributed by atoms with Crippen LogP contribution in [0.25, 0.3) is 0 Å². The summed E-state index contributed by atoms with van der Waals surface area (Å²) in [6, 6.07) is 0. The molecule has 4 nitrogen and oxygen atoms in total. The topological polar surface area (TPSA) is 57.6 Å². The molecule has 1 atom stereocenters. The summed E-state index contributed by atoms with van der Waals surface area (Å²) in [5.74, 6) is 0. The van der Waals surface area contributed by atoms with Gasteiger partial charge < -0.3 is 0 Å². The summed E-state index contributed by atoms with van der Waals surface area (Å²) in [4.78, 5) is 1.69. The molecule has 0 aliphatic rings. The van der Waals surface area contributed by atoms with E-state index >= 15 is 0 Å². The highest BCUT2D eigenvalue weighted by atomic mass is 33.1. The SMILES string of the molecule is CC(SS(=O)(=O)O)N(C)C. The van der Waals surface area contributed by atoms with Crippen LogP contribution >= 0.6 is 10.8 Å². The third-order valence-corrected chi connectivity index (χ3v) is 3.50. The molecule has 0 radical (unpaired) electrons. The summed E-state index contributed by atoms with van der Waals surface area (Å²) >= 11 is 0. The Balaban J connectivity index is 3.93. The van der Waals surface area contributed by atoms with Gasteiger partial charge in [-0.15, -0.1) is 0 Å². The van der Waals surface area contributed by atoms with Crippen LogP contribution in [0.2, 0.25) is 0 Å². The molecular weight excluding hydrogens is 174 g/mol. The molecule has 0 amide bonds. The first kappa shape index (κ1) is 10.2. The second kappa shape index (κ2) is 3.56. The Labute approximate surface area is 64.7 Å². The molecule has 1 N–H and O–H groups in total. The lowest BCUT2D eigenvalue weighted by atomic mass is 10.7. The molecule has 10 heavy (non-hydrogen) atoms. The molecular formula is C4H11NO3S2. The van der Waals surface area contributed by atoms with E-state index < -0.39 is 9.15 Å². The second-order valence-corrected chi connectivity index (χ2v) is 5.66. The summed E-state index contributed by atoms with van der Waals surface area (Å²) in [6.45, 7) is 1.69. The number of hydrogen-bond donors (Lipinski definition) is 1. The molecule has 0 aliphatic heterocycles. The Morgan fingerprint density at radius 2 is 1.90 bits per heavy atom. The Bertz CT molecular complexity index is 187. The number of hydrogen-bond acceptors (Lipinski definition) is 4. The average Bonchev–Trinajstić information content (AvgIpc) is 1.60. The van der Waals surface area contributed by atoms with Crippen molar-refractivity contribution in [1.82, 2.24) is 4.90 Å². The van der Waals surface area contributed by atoms with Gasteiger partial charge in [-0.3, -0.25) is 9.45 Å². The Hall–Kier alpha value is 0.220. The van der Waals surface area contributed by atoms with E-state index in [1.165, 1.54) is 0 Å². The lowest BCUT2D eigenvalue weighted by Crippen LogP contribution is -2.22. The van der Waals surface area contributed by atoms with E-state index in [1.54, 1.807) is 25.9 Å². The maximum atomic E-state index is 10.2. The predicted octanol–water partition coefficient (Wildman–Crippen LogP) is 0.430. The molecule has 0 spiro atoms. The lowest BCUT2D eigenvalue weighted by molar-refractivity contribution is 0.402. The molecule has 62 valence electrons. The first-order chi connectivity index (χ1) is 4.33. The maximum absolute atomic E-state index is 10.2. The Morgan fingerprint density at radius 1 is 1.50 bits per heavy atom. The van der Waals surface area contributed by atoms with E-state index in [1.807, 2.05) is 0 Å². The standard InChI is InChI=1S/C4H11NO3S2/c1-4(5(2)3)9-10(6,7)8/h4H,1-3H3,(H,6,7,8). The molecule has 0 bridgehead atoms. The van der Waals surface area contributed by atoms with Gasteiger partial charge in [0, 0.05) is 10.8 Å². The van der Waals surface area contributed by atoms with Crippen molar-refractivity contribution in [3.63, 3.8) is 0 Å². The van der Waals surface area contributed by atoms with E-state index in [0.717, 1.165) is 0 Å². The van der Waals surface area contributed by atoms with E-state index in [0.29, 0.717) is 10.8 Å². The van der Waals surface area contributed by atoms with Crippen molar-refractivity contribution >= 4 is 19.9 Å². The van der Waals surface area contributed by atoms with Crippen LogP contribution in [0.15, 0.2) is 0 Å². The van der Waals surface area contributed by atoms with Crippen LogP contribution in [-0.2, 0) is 9.15 Å². The van der Waals surface area contributed by atoms with Crippen LogP contribution in [0, 0.1) is 0 Å². The van der Waals surface area contributed by atoms with Gasteiger partial charge in [-0.05, 0) is 21.0 Å². The van der Waals surface area contributed by atoms with Gasteiger partial charge >= 0.3 is 9.15 Å². The van der Waals surface area contributed by atoms with E-state index in [4.69, 9.17) is 4.55 Å². The van der Waals surface area contributed by atoms with Gasteiger partial charge in [-0.1, -0.05) is 0 Å². The third-order valence-electron chi connectivity index (χ3n) is 0.988. The zero-order valence-electron chi connectivity index (χ0n) is 6.10. The van der Waals surface area contributed by atoms with Gasteiger partial charge in [0.1, 0.15) is 0 Å². The normalized spacial score (nSPS) is 15.7. The molecule has 0 aromatic heterocycles. The quantitative estimate of drug-likeness (QED) is 0.392. The van der Waals surface area contributed by atoms with E-state index in [9.17, 15) is 8.42 Å². The van der Waals surface area contributed by atoms with Gasteiger partial charge in [0.15, 0.2) is 0 Å². The Morgan fingerprint density at radius 3 is 2.00 bits per heavy atom. The van der Waals surface area contributed by atoms with Crippen molar-refractivity contribution < 1.29 is 13.0 Å². The molecule has 0 aliphatic carbocycles. The average molecular weight is 185 g/mol. The second-order valence-electron chi connectivity index (χ2n) is 2.09. The number of nitrogens with zero attached hydrogens (tertiary/aromatic N) is 1. The van der Waals surface area contributed by atoms with Crippen LogP contribution < -0.4 is 0 Å². The number of rotatable bonds is 3. The van der Waals surface area contributed by atoms with Crippen molar-refractivity contribution in [2.45, 2.75) is 12.3 Å². The molecule has 0 aromatic rings. The van der Waals surface area contributed by atoms with Crippen molar-refractivity contribution in [3.8, 4) is 0 Å². The first-order valence-electron chi connectivity index (χ1n) is 2.65. The fourth-order valence-electron chi connectivity index (χ4n) is 0.262. The minimum Gasteiger partial charge on any atom is -0.297 e. The van der Waals surface area contributed by atoms with E-state index in [2.05, 4.69) is 0 Å². The summed E-state index contributed by atoms with van der Waals surface area (Å²) in [5, 5.41) is -0.227. The fraction of sp³-hybridized carbons (Fsp3) is 1.00. The molecule has 0 saturated carbocycles. The summed E-state index contributed by atoms with van der Waals surface area (Å²) in [7, 11) is 0.103. The fourth-order valence-corrected chi connectivity index (χ4v) is 2.36. The van der Waals surface area contributed by atoms with Gasteiger partial charge in [-0.25, -0.2) is 0 Å².